The molecule has 1 aliphatic rings. The van der Waals surface area contributed by atoms with Gasteiger partial charge in [-0.1, -0.05) is 12.0 Å². The van der Waals surface area contributed by atoms with Gasteiger partial charge >= 0.3 is 0 Å². The fraction of sp³-hybridized carbons (Fsp3) is 0.682. The first-order valence-corrected chi connectivity index (χ1v) is 9.85. The van der Waals surface area contributed by atoms with Gasteiger partial charge in [-0.2, -0.15) is 0 Å². The number of rotatable bonds is 7. The second-order valence-electron chi connectivity index (χ2n) is 8.31. The third-order valence-electron chi connectivity index (χ3n) is 5.49. The van der Waals surface area contributed by atoms with Crippen LogP contribution in [0.1, 0.15) is 70.9 Å². The lowest BCUT2D eigenvalue weighted by atomic mass is 9.94. The van der Waals surface area contributed by atoms with Crippen LogP contribution in [0.5, 0.6) is 0 Å². The van der Waals surface area contributed by atoms with Crippen molar-refractivity contribution in [2.75, 3.05) is 20.2 Å². The lowest BCUT2D eigenvalue weighted by Gasteiger charge is -2.31. The van der Waals surface area contributed by atoms with Gasteiger partial charge in [0.15, 0.2) is 0 Å². The van der Waals surface area contributed by atoms with Gasteiger partial charge in [0.05, 0.1) is 12.1 Å². The largest absolute Gasteiger partial charge is 0.379 e. The predicted molar refractivity (Wildman–Crippen MR) is 105 cm³/mol. The Kier molecular flexibility index (Phi) is 7.64. The van der Waals surface area contributed by atoms with Gasteiger partial charge in [0, 0.05) is 31.5 Å². The Morgan fingerprint density at radius 3 is 2.81 bits per heavy atom. The van der Waals surface area contributed by atoms with Crippen molar-refractivity contribution in [1.29, 1.82) is 0 Å². The number of piperidine rings is 1. The molecule has 1 aliphatic heterocycles. The molecule has 0 radical (unpaired) electrons. The maximum atomic E-state index is 10.6. The molecular weight excluding hydrogens is 324 g/mol. The summed E-state index contributed by atoms with van der Waals surface area (Å²) in [6.07, 6.45) is 10.0. The molecular formula is C22H35N2O2+. The van der Waals surface area contributed by atoms with Crippen LogP contribution in [0.25, 0.3) is 0 Å². The molecule has 1 saturated heterocycles. The van der Waals surface area contributed by atoms with Crippen LogP contribution in [-0.4, -0.2) is 41.5 Å². The number of hydrogen-bond donors (Lipinski definition) is 2. The fourth-order valence-electron chi connectivity index (χ4n) is 3.65. The van der Waals surface area contributed by atoms with Gasteiger partial charge in [-0.15, -0.1) is 0 Å². The molecule has 2 rings (SSSR count). The highest BCUT2D eigenvalue weighted by atomic mass is 16.5. The maximum Gasteiger partial charge on any atom is 0.139 e. The van der Waals surface area contributed by atoms with Crippen LogP contribution in [0.15, 0.2) is 24.5 Å². The van der Waals surface area contributed by atoms with E-state index < -0.39 is 5.60 Å². The molecule has 0 spiro atoms. The van der Waals surface area contributed by atoms with Gasteiger partial charge in [0.2, 0.25) is 0 Å². The van der Waals surface area contributed by atoms with Crippen LogP contribution in [0, 0.1) is 11.8 Å². The van der Waals surface area contributed by atoms with E-state index in [0.717, 1.165) is 25.9 Å². The smallest absolute Gasteiger partial charge is 0.139 e. The number of pyridine rings is 1. The first-order chi connectivity index (χ1) is 12.3. The lowest BCUT2D eigenvalue weighted by Crippen LogP contribution is -3.13. The molecule has 2 heterocycles. The fourth-order valence-corrected chi connectivity index (χ4v) is 3.65. The summed E-state index contributed by atoms with van der Waals surface area (Å²) in [6.45, 7) is 7.89. The zero-order chi connectivity index (χ0) is 19.0. The Hall–Kier alpha value is -1.41. The van der Waals surface area contributed by atoms with E-state index in [4.69, 9.17) is 4.74 Å². The Balaban J connectivity index is 1.89. The molecule has 4 nitrogen and oxygen atoms in total. The molecule has 3 atom stereocenters. The van der Waals surface area contributed by atoms with Crippen LogP contribution in [0.3, 0.4) is 0 Å². The highest BCUT2D eigenvalue weighted by Crippen LogP contribution is 2.21. The third-order valence-corrected chi connectivity index (χ3v) is 5.49. The van der Waals surface area contributed by atoms with Gasteiger partial charge in [-0.05, 0) is 64.9 Å². The Labute approximate surface area is 159 Å². The van der Waals surface area contributed by atoms with E-state index in [1.807, 2.05) is 25.4 Å². The second-order valence-corrected chi connectivity index (χ2v) is 8.31. The number of aliphatic hydroxyl groups is 1. The third kappa shape index (κ3) is 6.72. The van der Waals surface area contributed by atoms with E-state index in [0.29, 0.717) is 12.5 Å². The zero-order valence-corrected chi connectivity index (χ0v) is 16.8. The van der Waals surface area contributed by atoms with Gasteiger partial charge in [0.25, 0.3) is 0 Å². The van der Waals surface area contributed by atoms with E-state index >= 15 is 0 Å². The summed E-state index contributed by atoms with van der Waals surface area (Å²) in [6, 6.07) is 4.66. The second kappa shape index (κ2) is 9.50. The maximum absolute atomic E-state index is 10.6. The Morgan fingerprint density at radius 2 is 2.12 bits per heavy atom. The predicted octanol–water partition coefficient (Wildman–Crippen LogP) is 2.54. The number of aromatic nitrogens is 1. The normalized spacial score (nSPS) is 23.0. The average Bonchev–Trinajstić information content (AvgIpc) is 2.62. The highest BCUT2D eigenvalue weighted by Gasteiger charge is 2.27. The van der Waals surface area contributed by atoms with Crippen molar-refractivity contribution >= 4 is 0 Å². The van der Waals surface area contributed by atoms with Crippen molar-refractivity contribution in [3.05, 3.63) is 30.1 Å². The van der Waals surface area contributed by atoms with Crippen LogP contribution < -0.4 is 4.90 Å². The molecule has 1 fully saturated rings. The van der Waals surface area contributed by atoms with Crippen molar-refractivity contribution in [3.63, 3.8) is 0 Å². The van der Waals surface area contributed by atoms with Crippen LogP contribution >= 0.6 is 0 Å². The Morgan fingerprint density at radius 1 is 1.31 bits per heavy atom. The molecule has 4 heteroatoms. The summed E-state index contributed by atoms with van der Waals surface area (Å²) >= 11 is 0. The molecule has 0 amide bonds. The minimum absolute atomic E-state index is 0.140. The number of hydrogen-bond acceptors (Lipinski definition) is 3. The number of likely N-dealkylation sites (tertiary alicyclic amines) is 1. The summed E-state index contributed by atoms with van der Waals surface area (Å²) < 4.78 is 5.44. The molecule has 0 bridgehead atoms. The lowest BCUT2D eigenvalue weighted by molar-refractivity contribution is -0.930. The Bertz CT molecular complexity index is 602. The average molecular weight is 360 g/mol. The molecule has 1 unspecified atom stereocenters. The van der Waals surface area contributed by atoms with Crippen LogP contribution in [0.4, 0.5) is 0 Å². The topological polar surface area (TPSA) is 46.8 Å². The summed E-state index contributed by atoms with van der Waals surface area (Å²) in [5.41, 5.74) is 0.235. The minimum Gasteiger partial charge on any atom is -0.379 e. The number of nitrogens with zero attached hydrogens (tertiary/aromatic N) is 1. The van der Waals surface area contributed by atoms with Gasteiger partial charge in [0.1, 0.15) is 18.2 Å². The number of quaternary nitrogens is 1. The monoisotopic (exact) mass is 359 g/mol. The molecule has 0 aromatic carbocycles. The molecule has 1 aromatic heterocycles. The summed E-state index contributed by atoms with van der Waals surface area (Å²) in [5, 5.41) is 10.6. The van der Waals surface area contributed by atoms with Crippen LogP contribution in [0.2, 0.25) is 0 Å². The summed E-state index contributed by atoms with van der Waals surface area (Å²) in [7, 11) is 1.73. The summed E-state index contributed by atoms with van der Waals surface area (Å²) in [4.78, 5) is 5.77. The minimum atomic E-state index is -0.928. The SMILES string of the molecule is COC(C)(C)CCC[C@](C)(O)C#CC[NH+]1CCCC[C@@H]1c1cccnc1. The molecule has 2 N–H and O–H groups in total. The number of methoxy groups -OCH3 is 1. The number of ether oxygens (including phenoxy) is 1. The summed E-state index contributed by atoms with van der Waals surface area (Å²) in [5.74, 6) is 6.38. The standard InChI is InChI=1S/C22H34N2O2/c1-21(2,26-4)12-8-13-22(3,25)14-9-17-24-16-6-5-11-20(24)19-10-7-15-23-18-19/h7,10,15,18,20,25H,5-6,8,11-13,16-17H2,1-4H3/p+1/t20-,22+/m1/s1. The van der Waals surface area contributed by atoms with E-state index in [-0.39, 0.29) is 5.60 Å². The molecule has 0 aliphatic carbocycles. The van der Waals surface area contributed by atoms with E-state index in [9.17, 15) is 5.11 Å². The molecule has 0 saturated carbocycles. The zero-order valence-electron chi connectivity index (χ0n) is 16.8. The van der Waals surface area contributed by atoms with Crippen LogP contribution in [-0.2, 0) is 4.74 Å². The van der Waals surface area contributed by atoms with Crippen molar-refractivity contribution in [2.45, 2.75) is 76.5 Å². The quantitative estimate of drug-likeness (QED) is 0.736. The highest BCUT2D eigenvalue weighted by molar-refractivity contribution is 5.14. The van der Waals surface area contributed by atoms with E-state index in [1.165, 1.54) is 29.7 Å². The first kappa shape index (κ1) is 20.9. The van der Waals surface area contributed by atoms with Crippen molar-refractivity contribution in [2.24, 2.45) is 0 Å². The number of nitrogens with one attached hydrogen (secondary N) is 1. The van der Waals surface area contributed by atoms with Gasteiger partial charge in [-0.25, -0.2) is 0 Å². The van der Waals surface area contributed by atoms with Crippen molar-refractivity contribution < 1.29 is 14.7 Å². The van der Waals surface area contributed by atoms with Crippen molar-refractivity contribution in [1.82, 2.24) is 4.98 Å². The van der Waals surface area contributed by atoms with E-state index in [2.05, 4.69) is 36.7 Å². The van der Waals surface area contributed by atoms with E-state index in [1.54, 1.807) is 7.11 Å². The molecule has 1 aromatic rings. The molecule has 144 valence electrons. The van der Waals surface area contributed by atoms with Crippen molar-refractivity contribution in [3.8, 4) is 11.8 Å². The van der Waals surface area contributed by atoms with Gasteiger partial charge < -0.3 is 14.7 Å². The first-order valence-electron chi connectivity index (χ1n) is 9.85. The van der Waals surface area contributed by atoms with Gasteiger partial charge in [-0.3, -0.25) is 4.98 Å². The molecule has 26 heavy (non-hydrogen) atoms.